The van der Waals surface area contributed by atoms with Gasteiger partial charge in [0.25, 0.3) is 0 Å². The van der Waals surface area contributed by atoms with E-state index in [9.17, 15) is 0 Å². The second-order valence-corrected chi connectivity index (χ2v) is 3.96. The van der Waals surface area contributed by atoms with Crippen LogP contribution in [0.5, 0.6) is 0 Å². The molecule has 2 aromatic carbocycles. The van der Waals surface area contributed by atoms with Gasteiger partial charge in [-0.1, -0.05) is 23.7 Å². The van der Waals surface area contributed by atoms with Gasteiger partial charge in [0.05, 0.1) is 11.0 Å². The van der Waals surface area contributed by atoms with Crippen LogP contribution in [0.15, 0.2) is 42.5 Å². The van der Waals surface area contributed by atoms with Crippen LogP contribution in [0, 0.1) is 6.07 Å². The Morgan fingerprint density at radius 2 is 1.94 bits per heavy atom. The van der Waals surface area contributed by atoms with Crippen molar-refractivity contribution in [2.24, 2.45) is 0 Å². The first-order valence-corrected chi connectivity index (χ1v) is 5.33. The molecule has 0 fully saturated rings. The zero-order valence-corrected chi connectivity index (χ0v) is 9.12. The molecule has 77 valence electrons. The number of imidazole rings is 1. The summed E-state index contributed by atoms with van der Waals surface area (Å²) in [7, 11) is 0. The highest BCUT2D eigenvalue weighted by Gasteiger charge is 2.04. The lowest BCUT2D eigenvalue weighted by Crippen LogP contribution is -1.78. The smallest absolute Gasteiger partial charge is 0.138 e. The van der Waals surface area contributed by atoms with E-state index in [0.717, 1.165) is 27.4 Å². The fourth-order valence-corrected chi connectivity index (χ4v) is 1.76. The van der Waals surface area contributed by atoms with E-state index < -0.39 is 0 Å². The van der Waals surface area contributed by atoms with Crippen LogP contribution in [0.1, 0.15) is 0 Å². The monoisotopic (exact) mass is 227 g/mol. The quantitative estimate of drug-likeness (QED) is 0.675. The van der Waals surface area contributed by atoms with Gasteiger partial charge in [-0.3, -0.25) is 0 Å². The second kappa shape index (κ2) is 3.65. The van der Waals surface area contributed by atoms with Crippen LogP contribution in [0.3, 0.4) is 0 Å². The Balaban J connectivity index is 2.15. The van der Waals surface area contributed by atoms with Crippen molar-refractivity contribution in [3.05, 3.63) is 53.6 Å². The van der Waals surface area contributed by atoms with Crippen LogP contribution >= 0.6 is 11.6 Å². The lowest BCUT2D eigenvalue weighted by atomic mass is 10.2. The number of rotatable bonds is 1. The van der Waals surface area contributed by atoms with Gasteiger partial charge in [-0.05, 0) is 30.3 Å². The van der Waals surface area contributed by atoms with E-state index in [4.69, 9.17) is 11.6 Å². The summed E-state index contributed by atoms with van der Waals surface area (Å²) in [5.41, 5.74) is 2.87. The largest absolute Gasteiger partial charge is 0.338 e. The van der Waals surface area contributed by atoms with Gasteiger partial charge < -0.3 is 4.98 Å². The first kappa shape index (κ1) is 9.43. The zero-order valence-electron chi connectivity index (χ0n) is 8.37. The van der Waals surface area contributed by atoms with Crippen molar-refractivity contribution in [3.63, 3.8) is 0 Å². The topological polar surface area (TPSA) is 28.7 Å². The molecule has 0 aliphatic rings. The van der Waals surface area contributed by atoms with Crippen molar-refractivity contribution in [2.45, 2.75) is 0 Å². The number of aromatic nitrogens is 2. The average molecular weight is 228 g/mol. The first-order valence-electron chi connectivity index (χ1n) is 4.95. The predicted molar refractivity (Wildman–Crippen MR) is 65.4 cm³/mol. The normalized spacial score (nSPS) is 10.8. The van der Waals surface area contributed by atoms with Crippen molar-refractivity contribution < 1.29 is 0 Å². The minimum absolute atomic E-state index is 0.728. The second-order valence-electron chi connectivity index (χ2n) is 3.52. The molecule has 0 aliphatic heterocycles. The molecule has 0 bridgehead atoms. The minimum Gasteiger partial charge on any atom is -0.338 e. The summed E-state index contributed by atoms with van der Waals surface area (Å²) < 4.78 is 0. The Bertz CT molecular complexity index is 593. The Kier molecular flexibility index (Phi) is 2.15. The highest BCUT2D eigenvalue weighted by atomic mass is 35.5. The molecule has 3 aromatic rings. The highest BCUT2D eigenvalue weighted by molar-refractivity contribution is 6.30. The van der Waals surface area contributed by atoms with Crippen LogP contribution in [0.25, 0.3) is 22.4 Å². The van der Waals surface area contributed by atoms with Crippen molar-refractivity contribution in [1.29, 1.82) is 0 Å². The molecular weight excluding hydrogens is 220 g/mol. The number of hydrogen-bond donors (Lipinski definition) is 1. The third kappa shape index (κ3) is 1.57. The fourth-order valence-electron chi connectivity index (χ4n) is 1.63. The number of hydrogen-bond acceptors (Lipinski definition) is 1. The Morgan fingerprint density at radius 3 is 2.69 bits per heavy atom. The van der Waals surface area contributed by atoms with Crippen molar-refractivity contribution in [2.75, 3.05) is 0 Å². The van der Waals surface area contributed by atoms with Gasteiger partial charge in [0.15, 0.2) is 0 Å². The van der Waals surface area contributed by atoms with Gasteiger partial charge in [0.1, 0.15) is 5.82 Å². The number of aromatic amines is 1. The minimum atomic E-state index is 0.728. The maximum absolute atomic E-state index is 5.84. The molecular formula is C13H8ClN2. The summed E-state index contributed by atoms with van der Waals surface area (Å²) >= 11 is 5.84. The van der Waals surface area contributed by atoms with E-state index in [1.807, 2.05) is 42.5 Å². The van der Waals surface area contributed by atoms with E-state index >= 15 is 0 Å². The molecule has 1 aromatic heterocycles. The average Bonchev–Trinajstić information content (AvgIpc) is 2.73. The van der Waals surface area contributed by atoms with Gasteiger partial charge in [-0.25, -0.2) is 4.98 Å². The Morgan fingerprint density at radius 1 is 1.12 bits per heavy atom. The van der Waals surface area contributed by atoms with Crippen molar-refractivity contribution >= 4 is 22.6 Å². The number of para-hydroxylation sites is 1. The van der Waals surface area contributed by atoms with E-state index in [2.05, 4.69) is 16.0 Å². The molecule has 0 spiro atoms. The number of halogens is 1. The van der Waals surface area contributed by atoms with E-state index in [1.165, 1.54) is 0 Å². The Hall–Kier alpha value is -1.80. The molecule has 1 radical (unpaired) electrons. The van der Waals surface area contributed by atoms with Crippen LogP contribution in [0.4, 0.5) is 0 Å². The Labute approximate surface area is 97.9 Å². The third-order valence-electron chi connectivity index (χ3n) is 2.43. The maximum atomic E-state index is 5.84. The lowest BCUT2D eigenvalue weighted by Gasteiger charge is -1.95. The summed E-state index contributed by atoms with van der Waals surface area (Å²) in [4.78, 5) is 7.70. The van der Waals surface area contributed by atoms with Gasteiger partial charge in [-0.15, -0.1) is 0 Å². The molecule has 1 heterocycles. The highest BCUT2D eigenvalue weighted by Crippen LogP contribution is 2.21. The number of nitrogens with one attached hydrogen (secondary N) is 1. The van der Waals surface area contributed by atoms with E-state index in [0.29, 0.717) is 0 Å². The third-order valence-corrected chi connectivity index (χ3v) is 2.68. The molecule has 3 heteroatoms. The zero-order chi connectivity index (χ0) is 11.0. The van der Waals surface area contributed by atoms with Gasteiger partial charge in [0, 0.05) is 16.7 Å². The SMILES string of the molecule is Clc1ccc(-c2nc3[c]cccc3[nH]2)cc1. The van der Waals surface area contributed by atoms with Crippen LogP contribution < -0.4 is 0 Å². The summed E-state index contributed by atoms with van der Waals surface area (Å²) in [5, 5.41) is 0.728. The lowest BCUT2D eigenvalue weighted by molar-refractivity contribution is 1.34. The van der Waals surface area contributed by atoms with Gasteiger partial charge in [0.2, 0.25) is 0 Å². The molecule has 0 amide bonds. The van der Waals surface area contributed by atoms with Crippen LogP contribution in [0.2, 0.25) is 5.02 Å². The maximum Gasteiger partial charge on any atom is 0.138 e. The van der Waals surface area contributed by atoms with Gasteiger partial charge >= 0.3 is 0 Å². The molecule has 0 atom stereocenters. The summed E-state index contributed by atoms with van der Waals surface area (Å²) in [5.74, 6) is 0.842. The van der Waals surface area contributed by atoms with E-state index in [-0.39, 0.29) is 0 Å². The molecule has 0 aliphatic carbocycles. The van der Waals surface area contributed by atoms with Crippen LogP contribution in [-0.2, 0) is 0 Å². The fraction of sp³-hybridized carbons (Fsp3) is 0. The van der Waals surface area contributed by atoms with Crippen molar-refractivity contribution in [1.82, 2.24) is 9.97 Å². The number of fused-ring (bicyclic) bond motifs is 1. The summed E-state index contributed by atoms with van der Waals surface area (Å²) in [6.07, 6.45) is 0. The number of H-pyrrole nitrogens is 1. The molecule has 0 saturated heterocycles. The molecule has 0 saturated carbocycles. The van der Waals surface area contributed by atoms with Crippen molar-refractivity contribution in [3.8, 4) is 11.4 Å². The predicted octanol–water partition coefficient (Wildman–Crippen LogP) is 3.68. The molecule has 2 nitrogen and oxygen atoms in total. The summed E-state index contributed by atoms with van der Waals surface area (Å²) in [6.45, 7) is 0. The van der Waals surface area contributed by atoms with Gasteiger partial charge in [-0.2, -0.15) is 0 Å². The summed E-state index contributed by atoms with van der Waals surface area (Å²) in [6, 6.07) is 16.5. The number of benzene rings is 2. The molecule has 16 heavy (non-hydrogen) atoms. The van der Waals surface area contributed by atoms with Crippen LogP contribution in [-0.4, -0.2) is 9.97 Å². The first-order chi connectivity index (χ1) is 7.83. The van der Waals surface area contributed by atoms with E-state index in [1.54, 1.807) is 0 Å². The molecule has 3 rings (SSSR count). The standard InChI is InChI=1S/C13H8ClN2/c14-10-7-5-9(6-8-10)13-15-11-3-1-2-4-12(11)16-13/h1-3,5-8H,(H,15,16). The molecule has 0 unspecified atom stereocenters. The molecule has 1 N–H and O–H groups in total. The number of nitrogens with zero attached hydrogens (tertiary/aromatic N) is 1.